The lowest BCUT2D eigenvalue weighted by molar-refractivity contribution is -0.149. The predicted molar refractivity (Wildman–Crippen MR) is 70.5 cm³/mol. The van der Waals surface area contributed by atoms with E-state index in [1.54, 1.807) is 0 Å². The zero-order valence-corrected chi connectivity index (χ0v) is 11.6. The molecule has 0 spiro atoms. The second kappa shape index (κ2) is 6.90. The number of nitrogens with one attached hydrogen (secondary N) is 2. The third-order valence-corrected chi connectivity index (χ3v) is 3.69. The number of amides is 2. The minimum atomic E-state index is -0.937. The molecule has 0 aromatic rings. The average Bonchev–Trinajstić information content (AvgIpc) is 2.85. The number of aliphatic carboxylic acids is 1. The summed E-state index contributed by atoms with van der Waals surface area (Å²) in [4.78, 5) is 22.5. The number of carbonyl (C=O) groups excluding carboxylic acids is 1. The standard InChI is InChI=1S/C13H22N2O5/c1-8-6-9(4-5-19-8)15-13(18)14-7-10-2-3-11(20-10)12(16)17/h8-11H,2-7H2,1H3,(H,16,17)(H2,14,15,18). The van der Waals surface area contributed by atoms with Gasteiger partial charge in [-0.3, -0.25) is 0 Å². The lowest BCUT2D eigenvalue weighted by Gasteiger charge is -2.28. The Labute approximate surface area is 118 Å². The van der Waals surface area contributed by atoms with Crippen LogP contribution in [0.3, 0.4) is 0 Å². The molecule has 0 aromatic heterocycles. The molecular formula is C13H22N2O5. The Kier molecular flexibility index (Phi) is 5.19. The van der Waals surface area contributed by atoms with E-state index >= 15 is 0 Å². The average molecular weight is 286 g/mol. The van der Waals surface area contributed by atoms with Crippen molar-refractivity contribution in [1.29, 1.82) is 0 Å². The lowest BCUT2D eigenvalue weighted by atomic mass is 10.0. The van der Waals surface area contributed by atoms with Gasteiger partial charge >= 0.3 is 12.0 Å². The molecule has 4 unspecified atom stereocenters. The van der Waals surface area contributed by atoms with E-state index in [-0.39, 0.29) is 24.3 Å². The van der Waals surface area contributed by atoms with Crippen molar-refractivity contribution in [2.24, 2.45) is 0 Å². The number of ether oxygens (including phenoxy) is 2. The first kappa shape index (κ1) is 15.1. The second-order valence-electron chi connectivity index (χ2n) is 5.42. The van der Waals surface area contributed by atoms with Gasteiger partial charge in [-0.05, 0) is 32.6 Å². The number of hydrogen-bond acceptors (Lipinski definition) is 4. The SMILES string of the molecule is CC1CC(NC(=O)NCC2CCC(C(=O)O)O2)CCO1. The summed E-state index contributed by atoms with van der Waals surface area (Å²) < 4.78 is 10.7. The molecule has 2 heterocycles. The van der Waals surface area contributed by atoms with Crippen LogP contribution < -0.4 is 10.6 Å². The van der Waals surface area contributed by atoms with E-state index in [4.69, 9.17) is 14.6 Å². The van der Waals surface area contributed by atoms with Crippen LogP contribution in [-0.2, 0) is 14.3 Å². The van der Waals surface area contributed by atoms with Crippen molar-refractivity contribution >= 4 is 12.0 Å². The molecule has 0 aromatic carbocycles. The summed E-state index contributed by atoms with van der Waals surface area (Å²) in [7, 11) is 0. The first-order chi connectivity index (χ1) is 9.54. The molecule has 0 saturated carbocycles. The first-order valence-corrected chi connectivity index (χ1v) is 7.09. The van der Waals surface area contributed by atoms with Crippen molar-refractivity contribution in [2.45, 2.75) is 57.0 Å². The zero-order valence-electron chi connectivity index (χ0n) is 11.6. The molecule has 0 radical (unpaired) electrons. The Balaban J connectivity index is 1.64. The van der Waals surface area contributed by atoms with Gasteiger partial charge in [-0.1, -0.05) is 0 Å². The summed E-state index contributed by atoms with van der Waals surface area (Å²) in [5, 5.41) is 14.5. The molecular weight excluding hydrogens is 264 g/mol. The number of carboxylic acid groups (broad SMARTS) is 1. The van der Waals surface area contributed by atoms with Crippen molar-refractivity contribution in [2.75, 3.05) is 13.2 Å². The largest absolute Gasteiger partial charge is 0.479 e. The van der Waals surface area contributed by atoms with Crippen molar-refractivity contribution in [3.05, 3.63) is 0 Å². The van der Waals surface area contributed by atoms with E-state index in [1.807, 2.05) is 6.92 Å². The summed E-state index contributed by atoms with van der Waals surface area (Å²) in [5.74, 6) is -0.937. The van der Waals surface area contributed by atoms with Crippen LogP contribution in [0.25, 0.3) is 0 Å². The molecule has 2 aliphatic rings. The second-order valence-corrected chi connectivity index (χ2v) is 5.42. The van der Waals surface area contributed by atoms with Crippen LogP contribution in [-0.4, -0.2) is 54.6 Å². The molecule has 7 nitrogen and oxygen atoms in total. The number of carbonyl (C=O) groups is 2. The maximum absolute atomic E-state index is 11.8. The molecule has 4 atom stereocenters. The smallest absolute Gasteiger partial charge is 0.332 e. The summed E-state index contributed by atoms with van der Waals surface area (Å²) in [6, 6.07) is -0.0958. The number of carboxylic acids is 1. The van der Waals surface area contributed by atoms with Gasteiger partial charge in [0.2, 0.25) is 0 Å². The summed E-state index contributed by atoms with van der Waals surface area (Å²) in [6.07, 6.45) is 2.01. The van der Waals surface area contributed by atoms with Crippen LogP contribution in [0.1, 0.15) is 32.6 Å². The Bertz CT molecular complexity index is 363. The van der Waals surface area contributed by atoms with E-state index in [0.29, 0.717) is 26.0 Å². The van der Waals surface area contributed by atoms with E-state index in [1.165, 1.54) is 0 Å². The van der Waals surface area contributed by atoms with Gasteiger partial charge in [-0.25, -0.2) is 9.59 Å². The molecule has 2 fully saturated rings. The van der Waals surface area contributed by atoms with Crippen molar-refractivity contribution in [3.63, 3.8) is 0 Å². The van der Waals surface area contributed by atoms with Gasteiger partial charge < -0.3 is 25.2 Å². The Morgan fingerprint density at radius 1 is 1.30 bits per heavy atom. The fourth-order valence-electron chi connectivity index (χ4n) is 2.61. The summed E-state index contributed by atoms with van der Waals surface area (Å²) >= 11 is 0. The third kappa shape index (κ3) is 4.35. The van der Waals surface area contributed by atoms with Crippen LogP contribution in [0, 0.1) is 0 Å². The monoisotopic (exact) mass is 286 g/mol. The van der Waals surface area contributed by atoms with Gasteiger partial charge in [-0.15, -0.1) is 0 Å². The van der Waals surface area contributed by atoms with Crippen LogP contribution in [0.2, 0.25) is 0 Å². The maximum atomic E-state index is 11.8. The summed E-state index contributed by atoms with van der Waals surface area (Å²) in [6.45, 7) is 3.00. The molecule has 7 heteroatoms. The molecule has 3 N–H and O–H groups in total. The van der Waals surface area contributed by atoms with Crippen LogP contribution in [0.5, 0.6) is 0 Å². The Hall–Kier alpha value is -1.34. The molecule has 2 rings (SSSR count). The fourth-order valence-corrected chi connectivity index (χ4v) is 2.61. The quantitative estimate of drug-likeness (QED) is 0.698. The van der Waals surface area contributed by atoms with Gasteiger partial charge in [-0.2, -0.15) is 0 Å². The van der Waals surface area contributed by atoms with E-state index in [0.717, 1.165) is 12.8 Å². The van der Waals surface area contributed by atoms with E-state index in [9.17, 15) is 9.59 Å². The Morgan fingerprint density at radius 2 is 2.10 bits per heavy atom. The highest BCUT2D eigenvalue weighted by atomic mass is 16.5. The molecule has 20 heavy (non-hydrogen) atoms. The number of rotatable bonds is 4. The summed E-state index contributed by atoms with van der Waals surface area (Å²) in [5.41, 5.74) is 0. The van der Waals surface area contributed by atoms with Crippen LogP contribution in [0.4, 0.5) is 4.79 Å². The minimum Gasteiger partial charge on any atom is -0.479 e. The zero-order chi connectivity index (χ0) is 14.5. The van der Waals surface area contributed by atoms with E-state index < -0.39 is 12.1 Å². The molecule has 2 aliphatic heterocycles. The molecule has 114 valence electrons. The van der Waals surface area contributed by atoms with Gasteiger partial charge in [0.25, 0.3) is 0 Å². The predicted octanol–water partition coefficient (Wildman–Crippen LogP) is 0.485. The first-order valence-electron chi connectivity index (χ1n) is 7.09. The van der Waals surface area contributed by atoms with E-state index in [2.05, 4.69) is 10.6 Å². The van der Waals surface area contributed by atoms with Gasteiger partial charge in [0.05, 0.1) is 12.2 Å². The highest BCUT2D eigenvalue weighted by Crippen LogP contribution is 2.19. The Morgan fingerprint density at radius 3 is 2.75 bits per heavy atom. The maximum Gasteiger partial charge on any atom is 0.332 e. The van der Waals surface area contributed by atoms with Crippen LogP contribution >= 0.6 is 0 Å². The highest BCUT2D eigenvalue weighted by Gasteiger charge is 2.30. The third-order valence-electron chi connectivity index (χ3n) is 3.69. The van der Waals surface area contributed by atoms with Gasteiger partial charge in [0, 0.05) is 19.2 Å². The van der Waals surface area contributed by atoms with Crippen molar-refractivity contribution in [3.8, 4) is 0 Å². The van der Waals surface area contributed by atoms with Gasteiger partial charge in [0.1, 0.15) is 0 Å². The highest BCUT2D eigenvalue weighted by molar-refractivity contribution is 5.74. The van der Waals surface area contributed by atoms with Crippen molar-refractivity contribution < 1.29 is 24.2 Å². The van der Waals surface area contributed by atoms with Crippen molar-refractivity contribution in [1.82, 2.24) is 10.6 Å². The minimum absolute atomic E-state index is 0.134. The fraction of sp³-hybridized carbons (Fsp3) is 0.846. The molecule has 2 saturated heterocycles. The number of urea groups is 1. The van der Waals surface area contributed by atoms with Crippen LogP contribution in [0.15, 0.2) is 0 Å². The lowest BCUT2D eigenvalue weighted by Crippen LogP contribution is -2.47. The molecule has 0 bridgehead atoms. The number of hydrogen-bond donors (Lipinski definition) is 3. The van der Waals surface area contributed by atoms with Gasteiger partial charge in [0.15, 0.2) is 6.10 Å². The molecule has 0 aliphatic carbocycles. The topological polar surface area (TPSA) is 96.9 Å². The molecule has 2 amide bonds. The normalized spacial score (nSPS) is 33.6.